The number of carbonyl (C=O) groups excluding carboxylic acids is 1. The lowest BCUT2D eigenvalue weighted by Gasteiger charge is -2.20. The summed E-state index contributed by atoms with van der Waals surface area (Å²) >= 11 is 0. The van der Waals surface area contributed by atoms with Gasteiger partial charge in [0.25, 0.3) is 5.91 Å². The van der Waals surface area contributed by atoms with Crippen LogP contribution in [0.15, 0.2) is 34.9 Å². The van der Waals surface area contributed by atoms with Crippen molar-refractivity contribution in [1.29, 1.82) is 0 Å². The van der Waals surface area contributed by atoms with Crippen LogP contribution in [-0.4, -0.2) is 29.1 Å². The Morgan fingerprint density at radius 2 is 1.76 bits per heavy atom. The number of hydrogen-bond acceptors (Lipinski definition) is 3. The average molecular weight is 284 g/mol. The van der Waals surface area contributed by atoms with Crippen molar-refractivity contribution in [2.75, 3.05) is 13.1 Å². The molecule has 0 N–H and O–H groups in total. The molecule has 0 radical (unpaired) electrons. The van der Waals surface area contributed by atoms with E-state index in [1.165, 1.54) is 12.8 Å². The standard InChI is InChI=1S/C17H20N2O2/c1-13-15(17(20)19-11-7-2-3-8-12-19)16(18-21-13)14-9-5-4-6-10-14/h4-6,9-10H,2-3,7-8,11-12H2,1H3. The SMILES string of the molecule is Cc1onc(-c2ccccc2)c1C(=O)N1CCCCCC1. The van der Waals surface area contributed by atoms with Crippen molar-refractivity contribution in [3.05, 3.63) is 41.7 Å². The Bertz CT molecular complexity index is 611. The fourth-order valence-electron chi connectivity index (χ4n) is 2.85. The Morgan fingerprint density at radius 1 is 1.10 bits per heavy atom. The number of likely N-dealkylation sites (tertiary alicyclic amines) is 1. The fraction of sp³-hybridized carbons (Fsp3) is 0.412. The van der Waals surface area contributed by atoms with Crippen molar-refractivity contribution in [3.63, 3.8) is 0 Å². The first-order valence-corrected chi connectivity index (χ1v) is 7.58. The first kappa shape index (κ1) is 13.9. The molecular weight excluding hydrogens is 264 g/mol. The second kappa shape index (κ2) is 6.12. The zero-order valence-electron chi connectivity index (χ0n) is 12.3. The van der Waals surface area contributed by atoms with Crippen molar-refractivity contribution in [2.24, 2.45) is 0 Å². The predicted molar refractivity (Wildman–Crippen MR) is 81.0 cm³/mol. The minimum absolute atomic E-state index is 0.0505. The van der Waals surface area contributed by atoms with Gasteiger partial charge in [-0.25, -0.2) is 0 Å². The van der Waals surface area contributed by atoms with Gasteiger partial charge in [-0.05, 0) is 19.8 Å². The molecule has 3 rings (SSSR count). The van der Waals surface area contributed by atoms with Crippen LogP contribution in [0.3, 0.4) is 0 Å². The van der Waals surface area contributed by atoms with Gasteiger partial charge in [-0.2, -0.15) is 0 Å². The van der Waals surface area contributed by atoms with Crippen LogP contribution < -0.4 is 0 Å². The number of rotatable bonds is 2. The first-order chi connectivity index (χ1) is 10.3. The molecule has 4 heteroatoms. The molecule has 1 fully saturated rings. The molecule has 0 spiro atoms. The number of benzene rings is 1. The summed E-state index contributed by atoms with van der Waals surface area (Å²) in [7, 11) is 0. The highest BCUT2D eigenvalue weighted by molar-refractivity contribution is 6.00. The molecule has 21 heavy (non-hydrogen) atoms. The summed E-state index contributed by atoms with van der Waals surface area (Å²) in [6.45, 7) is 3.47. The predicted octanol–water partition coefficient (Wildman–Crippen LogP) is 3.67. The molecule has 2 heterocycles. The summed E-state index contributed by atoms with van der Waals surface area (Å²) in [6.07, 6.45) is 4.57. The van der Waals surface area contributed by atoms with Crippen LogP contribution in [-0.2, 0) is 0 Å². The molecule has 1 saturated heterocycles. The van der Waals surface area contributed by atoms with Gasteiger partial charge in [-0.3, -0.25) is 4.79 Å². The quantitative estimate of drug-likeness (QED) is 0.845. The van der Waals surface area contributed by atoms with Gasteiger partial charge in [0.05, 0.1) is 0 Å². The second-order valence-electron chi connectivity index (χ2n) is 5.53. The Balaban J connectivity index is 1.94. The first-order valence-electron chi connectivity index (χ1n) is 7.58. The zero-order valence-corrected chi connectivity index (χ0v) is 12.3. The maximum absolute atomic E-state index is 12.9. The fourth-order valence-corrected chi connectivity index (χ4v) is 2.85. The molecule has 0 atom stereocenters. The van der Waals surface area contributed by atoms with Crippen molar-refractivity contribution in [3.8, 4) is 11.3 Å². The molecule has 110 valence electrons. The number of carbonyl (C=O) groups is 1. The summed E-state index contributed by atoms with van der Waals surface area (Å²) in [6, 6.07) is 9.75. The number of hydrogen-bond donors (Lipinski definition) is 0. The molecule has 1 amide bonds. The maximum Gasteiger partial charge on any atom is 0.259 e. The highest BCUT2D eigenvalue weighted by Crippen LogP contribution is 2.27. The Hall–Kier alpha value is -2.10. The number of aryl methyl sites for hydroxylation is 1. The minimum Gasteiger partial charge on any atom is -0.360 e. The Morgan fingerprint density at radius 3 is 2.43 bits per heavy atom. The zero-order chi connectivity index (χ0) is 14.7. The van der Waals surface area contributed by atoms with Gasteiger partial charge >= 0.3 is 0 Å². The van der Waals surface area contributed by atoms with Crippen LogP contribution in [0.25, 0.3) is 11.3 Å². The van der Waals surface area contributed by atoms with E-state index in [1.54, 1.807) is 0 Å². The summed E-state index contributed by atoms with van der Waals surface area (Å²) in [4.78, 5) is 14.8. The summed E-state index contributed by atoms with van der Waals surface area (Å²) < 4.78 is 5.30. The normalized spacial score (nSPS) is 15.8. The van der Waals surface area contributed by atoms with E-state index >= 15 is 0 Å². The van der Waals surface area contributed by atoms with Crippen LogP contribution >= 0.6 is 0 Å². The van der Waals surface area contributed by atoms with Crippen molar-refractivity contribution in [2.45, 2.75) is 32.6 Å². The van der Waals surface area contributed by atoms with Crippen LogP contribution in [0.1, 0.15) is 41.8 Å². The lowest BCUT2D eigenvalue weighted by Crippen LogP contribution is -2.32. The van der Waals surface area contributed by atoms with Crippen LogP contribution in [0, 0.1) is 6.92 Å². The molecule has 1 aromatic carbocycles. The van der Waals surface area contributed by atoms with Gasteiger partial charge in [0.15, 0.2) is 0 Å². The Kier molecular flexibility index (Phi) is 4.04. The lowest BCUT2D eigenvalue weighted by atomic mass is 10.1. The molecule has 1 aromatic heterocycles. The monoisotopic (exact) mass is 284 g/mol. The van der Waals surface area contributed by atoms with Crippen LogP contribution in [0.5, 0.6) is 0 Å². The lowest BCUT2D eigenvalue weighted by molar-refractivity contribution is 0.0760. The van der Waals surface area contributed by atoms with E-state index < -0.39 is 0 Å². The van der Waals surface area contributed by atoms with Gasteiger partial charge in [0.1, 0.15) is 17.0 Å². The number of nitrogens with zero attached hydrogens (tertiary/aromatic N) is 2. The Labute approximate surface area is 124 Å². The van der Waals surface area contributed by atoms with Gasteiger partial charge in [0.2, 0.25) is 0 Å². The van der Waals surface area contributed by atoms with E-state index in [2.05, 4.69) is 5.16 Å². The summed E-state index contributed by atoms with van der Waals surface area (Å²) in [5.74, 6) is 0.651. The third kappa shape index (κ3) is 2.84. The van der Waals surface area contributed by atoms with E-state index in [1.807, 2.05) is 42.2 Å². The van der Waals surface area contributed by atoms with E-state index in [0.717, 1.165) is 31.5 Å². The summed E-state index contributed by atoms with van der Waals surface area (Å²) in [5, 5.41) is 4.10. The van der Waals surface area contributed by atoms with Crippen molar-refractivity contribution in [1.82, 2.24) is 10.1 Å². The number of amides is 1. The highest BCUT2D eigenvalue weighted by atomic mass is 16.5. The molecule has 0 saturated carbocycles. The van der Waals surface area contributed by atoms with E-state index in [-0.39, 0.29) is 5.91 Å². The van der Waals surface area contributed by atoms with Gasteiger partial charge in [-0.1, -0.05) is 48.3 Å². The molecular formula is C17H20N2O2. The third-order valence-corrected chi connectivity index (χ3v) is 4.02. The molecule has 2 aromatic rings. The second-order valence-corrected chi connectivity index (χ2v) is 5.53. The molecule has 0 aliphatic carbocycles. The topological polar surface area (TPSA) is 46.3 Å². The molecule has 1 aliphatic heterocycles. The van der Waals surface area contributed by atoms with Gasteiger partial charge in [-0.15, -0.1) is 0 Å². The third-order valence-electron chi connectivity index (χ3n) is 4.02. The maximum atomic E-state index is 12.9. The van der Waals surface area contributed by atoms with Gasteiger partial charge < -0.3 is 9.42 Å². The summed E-state index contributed by atoms with van der Waals surface area (Å²) in [5.41, 5.74) is 2.19. The van der Waals surface area contributed by atoms with E-state index in [0.29, 0.717) is 17.0 Å². The largest absolute Gasteiger partial charge is 0.360 e. The molecule has 0 unspecified atom stereocenters. The smallest absolute Gasteiger partial charge is 0.259 e. The molecule has 1 aliphatic rings. The highest BCUT2D eigenvalue weighted by Gasteiger charge is 2.26. The van der Waals surface area contributed by atoms with Gasteiger partial charge in [0, 0.05) is 18.7 Å². The van der Waals surface area contributed by atoms with Crippen molar-refractivity contribution >= 4 is 5.91 Å². The van der Waals surface area contributed by atoms with Crippen molar-refractivity contribution < 1.29 is 9.32 Å². The van der Waals surface area contributed by atoms with E-state index in [9.17, 15) is 4.79 Å². The van der Waals surface area contributed by atoms with E-state index in [4.69, 9.17) is 4.52 Å². The minimum atomic E-state index is 0.0505. The average Bonchev–Trinajstić information content (AvgIpc) is 2.74. The molecule has 4 nitrogen and oxygen atoms in total. The molecule has 0 bridgehead atoms. The number of aromatic nitrogens is 1. The van der Waals surface area contributed by atoms with Crippen LogP contribution in [0.2, 0.25) is 0 Å². The van der Waals surface area contributed by atoms with Crippen LogP contribution in [0.4, 0.5) is 0 Å².